The summed E-state index contributed by atoms with van der Waals surface area (Å²) in [6.45, 7) is 1.23. The van der Waals surface area contributed by atoms with E-state index in [2.05, 4.69) is 16.3 Å². The molecule has 31 heavy (non-hydrogen) atoms. The topological polar surface area (TPSA) is 65.5 Å². The zero-order valence-electron chi connectivity index (χ0n) is 16.9. The molecule has 0 unspecified atom stereocenters. The van der Waals surface area contributed by atoms with E-state index in [1.165, 1.54) is 18.2 Å². The average Bonchev–Trinajstić information content (AvgIpc) is 2.77. The van der Waals surface area contributed by atoms with Crippen LogP contribution in [0.5, 0.6) is 0 Å². The number of pyridine rings is 1. The third-order valence-electron chi connectivity index (χ3n) is 5.37. The van der Waals surface area contributed by atoms with Crippen molar-refractivity contribution in [2.75, 3.05) is 16.8 Å². The van der Waals surface area contributed by atoms with Crippen molar-refractivity contribution in [3.63, 3.8) is 0 Å². The first-order valence-electron chi connectivity index (χ1n) is 10.3. The Kier molecular flexibility index (Phi) is 6.11. The van der Waals surface area contributed by atoms with E-state index in [9.17, 15) is 13.6 Å². The largest absolute Gasteiger partial charge is 0.481 e. The number of rotatable bonds is 7. The van der Waals surface area contributed by atoms with Gasteiger partial charge in [-0.1, -0.05) is 12.1 Å². The predicted molar refractivity (Wildman–Crippen MR) is 116 cm³/mol. The van der Waals surface area contributed by atoms with Gasteiger partial charge in [-0.2, -0.15) is 0 Å². The standard InChI is InChI=1S/C24H23F2N3O2/c25-18-6-10-21(11-7-18)29-13-1-2-17-4-9-20(28-24(17)29)15-27-19-8-3-16(22(26)14-19)5-12-23(30)31/h3-4,6-11,14,27H,1-2,5,12-13,15H2,(H,30,31). The number of hydrogen-bond donors (Lipinski definition) is 2. The number of nitrogens with zero attached hydrogens (tertiary/aromatic N) is 2. The molecule has 160 valence electrons. The molecule has 1 aliphatic heterocycles. The molecule has 2 heterocycles. The zero-order chi connectivity index (χ0) is 21.8. The van der Waals surface area contributed by atoms with E-state index in [-0.39, 0.29) is 18.7 Å². The fourth-order valence-corrected chi connectivity index (χ4v) is 3.74. The molecule has 2 N–H and O–H groups in total. The molecule has 0 saturated carbocycles. The van der Waals surface area contributed by atoms with Gasteiger partial charge in [-0.15, -0.1) is 0 Å². The summed E-state index contributed by atoms with van der Waals surface area (Å²) in [5.41, 5.74) is 3.84. The molecule has 1 aromatic heterocycles. The monoisotopic (exact) mass is 423 g/mol. The Hall–Kier alpha value is -3.48. The smallest absolute Gasteiger partial charge is 0.303 e. The van der Waals surface area contributed by atoms with Gasteiger partial charge in [0.2, 0.25) is 0 Å². The summed E-state index contributed by atoms with van der Waals surface area (Å²) in [5, 5.41) is 11.9. The number of fused-ring (bicyclic) bond motifs is 1. The first-order valence-corrected chi connectivity index (χ1v) is 10.3. The SMILES string of the molecule is O=C(O)CCc1ccc(NCc2ccc3c(n2)N(c2ccc(F)cc2)CCC3)cc1F. The fourth-order valence-electron chi connectivity index (χ4n) is 3.74. The highest BCUT2D eigenvalue weighted by Gasteiger charge is 2.20. The van der Waals surface area contributed by atoms with Gasteiger partial charge in [-0.3, -0.25) is 4.79 Å². The Morgan fingerprint density at radius 1 is 1.10 bits per heavy atom. The Morgan fingerprint density at radius 2 is 1.90 bits per heavy atom. The minimum atomic E-state index is -0.949. The van der Waals surface area contributed by atoms with E-state index >= 15 is 0 Å². The molecule has 0 saturated heterocycles. The third kappa shape index (κ3) is 4.99. The molecule has 0 fully saturated rings. The highest BCUT2D eigenvalue weighted by molar-refractivity contribution is 5.67. The molecule has 0 radical (unpaired) electrons. The lowest BCUT2D eigenvalue weighted by atomic mass is 10.0. The first-order chi connectivity index (χ1) is 15.0. The number of benzene rings is 2. The van der Waals surface area contributed by atoms with Crippen molar-refractivity contribution in [2.24, 2.45) is 0 Å². The van der Waals surface area contributed by atoms with Gasteiger partial charge in [0.05, 0.1) is 12.2 Å². The average molecular weight is 423 g/mol. The molecule has 0 bridgehead atoms. The number of hydrogen-bond acceptors (Lipinski definition) is 4. The molecule has 2 aromatic carbocycles. The maximum atomic E-state index is 14.2. The molecule has 0 amide bonds. The van der Waals surface area contributed by atoms with Crippen LogP contribution in [-0.4, -0.2) is 22.6 Å². The van der Waals surface area contributed by atoms with E-state index in [4.69, 9.17) is 10.1 Å². The van der Waals surface area contributed by atoms with E-state index in [1.54, 1.807) is 24.3 Å². The van der Waals surface area contributed by atoms with Gasteiger partial charge in [0.25, 0.3) is 0 Å². The number of carboxylic acids is 1. The van der Waals surface area contributed by atoms with Crippen molar-refractivity contribution in [2.45, 2.75) is 32.2 Å². The third-order valence-corrected chi connectivity index (χ3v) is 5.37. The van der Waals surface area contributed by atoms with Gasteiger partial charge in [0.1, 0.15) is 17.5 Å². The molecule has 1 aliphatic rings. The van der Waals surface area contributed by atoms with Gasteiger partial charge < -0.3 is 15.3 Å². The van der Waals surface area contributed by atoms with Gasteiger partial charge in [-0.05, 0) is 72.9 Å². The zero-order valence-corrected chi connectivity index (χ0v) is 16.9. The van der Waals surface area contributed by atoms with Crippen molar-refractivity contribution in [1.29, 1.82) is 0 Å². The van der Waals surface area contributed by atoms with Crippen LogP contribution in [0.25, 0.3) is 0 Å². The van der Waals surface area contributed by atoms with Crippen LogP contribution in [0.4, 0.5) is 26.0 Å². The van der Waals surface area contributed by atoms with Crippen LogP contribution >= 0.6 is 0 Å². The molecule has 0 atom stereocenters. The Balaban J connectivity index is 1.48. The van der Waals surface area contributed by atoms with Crippen LogP contribution in [-0.2, 0) is 24.2 Å². The van der Waals surface area contributed by atoms with Crippen LogP contribution in [0.3, 0.4) is 0 Å². The van der Waals surface area contributed by atoms with Gasteiger partial charge >= 0.3 is 5.97 Å². The number of aliphatic carboxylic acids is 1. The normalized spacial score (nSPS) is 13.0. The molecule has 0 aliphatic carbocycles. The van der Waals surface area contributed by atoms with Gasteiger partial charge in [-0.25, -0.2) is 13.8 Å². The minimum absolute atomic E-state index is 0.104. The molecule has 0 spiro atoms. The summed E-state index contributed by atoms with van der Waals surface area (Å²) in [4.78, 5) is 17.6. The second-order valence-corrected chi connectivity index (χ2v) is 7.57. The van der Waals surface area contributed by atoms with E-state index in [1.807, 2.05) is 6.07 Å². The summed E-state index contributed by atoms with van der Waals surface area (Å²) in [6, 6.07) is 15.1. The van der Waals surface area contributed by atoms with Crippen molar-refractivity contribution in [3.05, 3.63) is 83.1 Å². The number of aryl methyl sites for hydroxylation is 2. The van der Waals surface area contributed by atoms with Crippen molar-refractivity contribution >= 4 is 23.2 Å². The number of aromatic nitrogens is 1. The maximum absolute atomic E-state index is 14.2. The molecule has 7 heteroatoms. The molecule has 3 aromatic rings. The molecular weight excluding hydrogens is 400 g/mol. The number of nitrogens with one attached hydrogen (secondary N) is 1. The summed E-state index contributed by atoms with van der Waals surface area (Å²) in [6.07, 6.45) is 1.99. The molecule has 5 nitrogen and oxygen atoms in total. The second-order valence-electron chi connectivity index (χ2n) is 7.57. The van der Waals surface area contributed by atoms with Crippen molar-refractivity contribution < 1.29 is 18.7 Å². The molecular formula is C24H23F2N3O2. The predicted octanol–water partition coefficient (Wildman–Crippen LogP) is 5.07. The van der Waals surface area contributed by atoms with Crippen molar-refractivity contribution in [1.82, 2.24) is 4.98 Å². The van der Waals surface area contributed by atoms with E-state index in [0.29, 0.717) is 17.8 Å². The lowest BCUT2D eigenvalue weighted by Gasteiger charge is -2.30. The van der Waals surface area contributed by atoms with Crippen LogP contribution in [0.15, 0.2) is 54.6 Å². The Bertz CT molecular complexity index is 1090. The first kappa shape index (κ1) is 20.8. The van der Waals surface area contributed by atoms with E-state index in [0.717, 1.165) is 42.1 Å². The fraction of sp³-hybridized carbons (Fsp3) is 0.250. The van der Waals surface area contributed by atoms with Gasteiger partial charge in [0, 0.05) is 24.3 Å². The Morgan fingerprint density at radius 3 is 2.65 bits per heavy atom. The maximum Gasteiger partial charge on any atom is 0.303 e. The van der Waals surface area contributed by atoms with Crippen LogP contribution in [0.2, 0.25) is 0 Å². The summed E-state index contributed by atoms with van der Waals surface area (Å²) in [7, 11) is 0. The number of halogens is 2. The van der Waals surface area contributed by atoms with Crippen LogP contribution in [0.1, 0.15) is 29.7 Å². The van der Waals surface area contributed by atoms with Gasteiger partial charge in [0.15, 0.2) is 0 Å². The van der Waals surface area contributed by atoms with E-state index < -0.39 is 11.8 Å². The number of anilines is 3. The number of carbonyl (C=O) groups is 1. The van der Waals surface area contributed by atoms with Crippen LogP contribution in [0, 0.1) is 11.6 Å². The lowest BCUT2D eigenvalue weighted by molar-refractivity contribution is -0.136. The highest BCUT2D eigenvalue weighted by atomic mass is 19.1. The summed E-state index contributed by atoms with van der Waals surface area (Å²) >= 11 is 0. The summed E-state index contributed by atoms with van der Waals surface area (Å²) < 4.78 is 27.5. The highest BCUT2D eigenvalue weighted by Crippen LogP contribution is 2.32. The van der Waals surface area contributed by atoms with Crippen LogP contribution < -0.4 is 10.2 Å². The minimum Gasteiger partial charge on any atom is -0.481 e. The second kappa shape index (κ2) is 9.12. The lowest BCUT2D eigenvalue weighted by Crippen LogP contribution is -2.26. The van der Waals surface area contributed by atoms with Crippen molar-refractivity contribution in [3.8, 4) is 0 Å². The Labute approximate surface area is 179 Å². The summed E-state index contributed by atoms with van der Waals surface area (Å²) in [5.74, 6) is -0.776. The number of carboxylic acid groups (broad SMARTS) is 1. The molecule has 4 rings (SSSR count). The quantitative estimate of drug-likeness (QED) is 0.555.